The molecule has 1 fully saturated rings. The third-order valence-corrected chi connectivity index (χ3v) is 5.04. The Hall–Kier alpha value is -1.24. The van der Waals surface area contributed by atoms with Gasteiger partial charge in [-0.2, -0.15) is 0 Å². The fourth-order valence-corrected chi connectivity index (χ4v) is 3.94. The van der Waals surface area contributed by atoms with E-state index in [1.807, 2.05) is 13.8 Å². The Morgan fingerprint density at radius 1 is 0.905 bits per heavy atom. The predicted octanol–water partition coefficient (Wildman–Crippen LogP) is 1.90. The summed E-state index contributed by atoms with van der Waals surface area (Å²) in [6, 6.07) is 0. The van der Waals surface area contributed by atoms with Crippen LogP contribution < -0.4 is 0 Å². The van der Waals surface area contributed by atoms with Crippen LogP contribution in [0.2, 0.25) is 0 Å². The van der Waals surface area contributed by atoms with Gasteiger partial charge in [0.05, 0.1) is 0 Å². The first-order chi connectivity index (χ1) is 9.76. The first-order valence-corrected chi connectivity index (χ1v) is 7.87. The van der Waals surface area contributed by atoms with Gasteiger partial charge in [0, 0.05) is 31.9 Å². The maximum atomic E-state index is 11.3. The lowest BCUT2D eigenvalue weighted by Crippen LogP contribution is -2.53. The van der Waals surface area contributed by atoms with Gasteiger partial charge < -0.3 is 14.2 Å². The third-order valence-electron chi connectivity index (χ3n) is 3.29. The molecule has 1 heterocycles. The Morgan fingerprint density at radius 3 is 1.81 bits per heavy atom. The molecule has 6 nitrogen and oxygen atoms in total. The molecule has 0 aromatic heterocycles. The third kappa shape index (κ3) is 4.91. The quantitative estimate of drug-likeness (QED) is 0.578. The molecule has 120 valence electrons. The Labute approximate surface area is 128 Å². The molecule has 1 unspecified atom stereocenters. The molecule has 0 spiro atoms. The number of esters is 3. The topological polar surface area (TPSA) is 78.9 Å². The van der Waals surface area contributed by atoms with Gasteiger partial charge in [0.15, 0.2) is 11.5 Å². The second-order valence-corrected chi connectivity index (χ2v) is 6.41. The van der Waals surface area contributed by atoms with Crippen molar-refractivity contribution in [2.75, 3.05) is 0 Å². The van der Waals surface area contributed by atoms with Crippen LogP contribution in [0.1, 0.15) is 41.0 Å². The average Bonchev–Trinajstić information content (AvgIpc) is 2.35. The van der Waals surface area contributed by atoms with Gasteiger partial charge in [0.2, 0.25) is 0 Å². The summed E-state index contributed by atoms with van der Waals surface area (Å²) in [5.41, 5.74) is -0.670. The molecule has 1 aliphatic heterocycles. The Bertz CT molecular complexity index is 410. The molecule has 1 saturated heterocycles. The van der Waals surface area contributed by atoms with E-state index >= 15 is 0 Å². The molecule has 0 aromatic carbocycles. The molecular formula is C14H22O6S. The summed E-state index contributed by atoms with van der Waals surface area (Å²) in [4.78, 5) is 33.9. The molecule has 1 rings (SSSR count). The summed E-state index contributed by atoms with van der Waals surface area (Å²) in [5, 5.41) is 0.144. The predicted molar refractivity (Wildman–Crippen MR) is 77.5 cm³/mol. The van der Waals surface area contributed by atoms with Crippen molar-refractivity contribution in [2.24, 2.45) is 5.92 Å². The number of thioether (sulfide) groups is 1. The molecule has 21 heavy (non-hydrogen) atoms. The van der Waals surface area contributed by atoms with E-state index in [1.165, 1.54) is 32.5 Å². The lowest BCUT2D eigenvalue weighted by Gasteiger charge is -2.43. The number of rotatable bonds is 4. The van der Waals surface area contributed by atoms with Crippen LogP contribution in [-0.2, 0) is 28.6 Å². The van der Waals surface area contributed by atoms with Gasteiger partial charge in [0.1, 0.15) is 6.10 Å². The van der Waals surface area contributed by atoms with Crippen molar-refractivity contribution in [1.82, 2.24) is 0 Å². The first kappa shape index (κ1) is 17.8. The normalized spacial score (nSPS) is 32.1. The molecule has 0 aliphatic carbocycles. The van der Waals surface area contributed by atoms with Gasteiger partial charge in [-0.3, -0.25) is 14.4 Å². The van der Waals surface area contributed by atoms with E-state index in [9.17, 15) is 14.4 Å². The molecule has 0 radical (unpaired) electrons. The minimum absolute atomic E-state index is 0.0138. The largest absolute Gasteiger partial charge is 0.458 e. The fourth-order valence-electron chi connectivity index (χ4n) is 2.45. The van der Waals surface area contributed by atoms with Crippen molar-refractivity contribution in [1.29, 1.82) is 0 Å². The number of ether oxygens (including phenoxy) is 3. The maximum absolute atomic E-state index is 11.3. The minimum Gasteiger partial charge on any atom is -0.458 e. The number of hydrogen-bond acceptors (Lipinski definition) is 7. The van der Waals surface area contributed by atoms with Crippen molar-refractivity contribution in [3.63, 3.8) is 0 Å². The van der Waals surface area contributed by atoms with Crippen LogP contribution in [0.15, 0.2) is 0 Å². The van der Waals surface area contributed by atoms with Crippen LogP contribution >= 0.6 is 11.8 Å². The molecule has 5 atom stereocenters. The zero-order chi connectivity index (χ0) is 16.2. The van der Waals surface area contributed by atoms with Crippen molar-refractivity contribution < 1.29 is 28.6 Å². The molecule has 0 amide bonds. The van der Waals surface area contributed by atoms with Crippen LogP contribution in [0, 0.1) is 5.92 Å². The Kier molecular flexibility index (Phi) is 6.51. The van der Waals surface area contributed by atoms with Gasteiger partial charge in [0.25, 0.3) is 0 Å². The van der Waals surface area contributed by atoms with E-state index in [0.29, 0.717) is 0 Å². The second-order valence-electron chi connectivity index (χ2n) is 5.07. The summed E-state index contributed by atoms with van der Waals surface area (Å²) >= 11 is 1.44. The highest BCUT2D eigenvalue weighted by Crippen LogP contribution is 2.41. The van der Waals surface area contributed by atoms with Gasteiger partial charge in [-0.05, 0) is 6.42 Å². The molecule has 0 saturated carbocycles. The van der Waals surface area contributed by atoms with Gasteiger partial charge >= 0.3 is 17.9 Å². The highest BCUT2D eigenvalue weighted by molar-refractivity contribution is 8.00. The highest BCUT2D eigenvalue weighted by Gasteiger charge is 2.48. The number of carbonyl (C=O) groups is 3. The lowest BCUT2D eigenvalue weighted by molar-refractivity contribution is -0.181. The van der Waals surface area contributed by atoms with E-state index in [4.69, 9.17) is 14.2 Å². The second kappa shape index (κ2) is 7.68. The van der Waals surface area contributed by atoms with Crippen molar-refractivity contribution in [3.05, 3.63) is 0 Å². The zero-order valence-electron chi connectivity index (χ0n) is 13.0. The summed E-state index contributed by atoms with van der Waals surface area (Å²) in [6.07, 6.45) is -0.589. The van der Waals surface area contributed by atoms with Crippen LogP contribution in [0.25, 0.3) is 0 Å². The first-order valence-electron chi connectivity index (χ1n) is 6.93. The van der Waals surface area contributed by atoms with Gasteiger partial charge in [-0.1, -0.05) is 13.8 Å². The number of carbonyl (C=O) groups excluding carboxylic acids is 3. The molecule has 0 aromatic rings. The highest BCUT2D eigenvalue weighted by atomic mass is 32.2. The maximum Gasteiger partial charge on any atom is 0.303 e. The average molecular weight is 318 g/mol. The number of hydrogen-bond donors (Lipinski definition) is 0. The Balaban J connectivity index is 3.05. The van der Waals surface area contributed by atoms with E-state index in [2.05, 4.69) is 0 Å². The zero-order valence-corrected chi connectivity index (χ0v) is 13.8. The molecule has 7 heteroatoms. The van der Waals surface area contributed by atoms with Crippen LogP contribution in [0.5, 0.6) is 0 Å². The van der Waals surface area contributed by atoms with Gasteiger partial charge in [-0.25, -0.2) is 0 Å². The summed E-state index contributed by atoms with van der Waals surface area (Å²) in [7, 11) is 0. The van der Waals surface area contributed by atoms with E-state index in [-0.39, 0.29) is 11.2 Å². The van der Waals surface area contributed by atoms with Crippen LogP contribution in [0.3, 0.4) is 0 Å². The SMILES string of the molecule is CC[C@H]1SC(OC(C)=O)[C@H](OC(C)=O)[C@@H](OC(C)=O)[C@@H]1C. The molecular weight excluding hydrogens is 296 g/mol. The molecule has 0 N–H and O–H groups in total. The minimum atomic E-state index is -0.793. The summed E-state index contributed by atoms with van der Waals surface area (Å²) < 4.78 is 15.9. The van der Waals surface area contributed by atoms with Crippen LogP contribution in [0.4, 0.5) is 0 Å². The van der Waals surface area contributed by atoms with Crippen molar-refractivity contribution in [2.45, 2.75) is 63.9 Å². The summed E-state index contributed by atoms with van der Waals surface area (Å²) in [6.45, 7) is 7.83. The van der Waals surface area contributed by atoms with Crippen LogP contribution in [-0.4, -0.2) is 40.8 Å². The van der Waals surface area contributed by atoms with Crippen molar-refractivity contribution >= 4 is 29.7 Å². The van der Waals surface area contributed by atoms with E-state index in [1.54, 1.807) is 0 Å². The Morgan fingerprint density at radius 2 is 1.38 bits per heavy atom. The molecule has 0 bridgehead atoms. The summed E-state index contributed by atoms with van der Waals surface area (Å²) in [5.74, 6) is -1.43. The van der Waals surface area contributed by atoms with Crippen molar-refractivity contribution in [3.8, 4) is 0 Å². The smallest absolute Gasteiger partial charge is 0.303 e. The van der Waals surface area contributed by atoms with E-state index < -0.39 is 35.6 Å². The van der Waals surface area contributed by atoms with Gasteiger partial charge in [-0.15, -0.1) is 11.8 Å². The monoisotopic (exact) mass is 318 g/mol. The standard InChI is InChI=1S/C14H22O6S/c1-6-11-7(2)12(18-8(3)15)13(19-9(4)16)14(21-11)20-10(5)17/h7,11-14H,6H2,1-5H3/t7-,11-,12+,13-,14?/m1/s1. The fraction of sp³-hybridized carbons (Fsp3) is 0.786. The lowest BCUT2D eigenvalue weighted by atomic mass is 9.93. The van der Waals surface area contributed by atoms with E-state index in [0.717, 1.165) is 6.42 Å². The molecule has 1 aliphatic rings.